The normalized spacial score (nSPS) is 13.7. The van der Waals surface area contributed by atoms with Crippen molar-refractivity contribution < 1.29 is 36.2 Å². The zero-order chi connectivity index (χ0) is 28.3. The van der Waals surface area contributed by atoms with Crippen molar-refractivity contribution in [3.63, 3.8) is 0 Å². The summed E-state index contributed by atoms with van der Waals surface area (Å²) in [6.07, 6.45) is -0.481. The number of pyridine rings is 1. The Hall–Kier alpha value is -3.71. The van der Waals surface area contributed by atoms with Crippen molar-refractivity contribution in [1.82, 2.24) is 29.6 Å². The van der Waals surface area contributed by atoms with Crippen LogP contribution >= 0.6 is 0 Å². The third kappa shape index (κ3) is 6.58. The van der Waals surface area contributed by atoms with Gasteiger partial charge in [-0.05, 0) is 38.8 Å². The van der Waals surface area contributed by atoms with Crippen molar-refractivity contribution in [3.05, 3.63) is 36.4 Å². The second kappa shape index (κ2) is 11.4. The molecule has 3 aromatic rings. The highest BCUT2D eigenvalue weighted by Gasteiger charge is 2.42. The first-order valence-electron chi connectivity index (χ1n) is 11.7. The fraction of sp³-hybridized carbons (Fsp3) is 0.500. The van der Waals surface area contributed by atoms with Crippen LogP contribution in [0.3, 0.4) is 0 Å². The monoisotopic (exact) mass is 544 g/mol. The third-order valence-corrected chi connectivity index (χ3v) is 5.99. The summed E-state index contributed by atoms with van der Waals surface area (Å²) in [6, 6.07) is -2.54. The van der Waals surface area contributed by atoms with E-state index in [1.54, 1.807) is 42.9 Å². The van der Waals surface area contributed by atoms with E-state index in [-0.39, 0.29) is 18.3 Å². The van der Waals surface area contributed by atoms with E-state index in [9.17, 15) is 26.7 Å². The molecule has 1 N–H and O–H groups in total. The summed E-state index contributed by atoms with van der Waals surface area (Å²) in [6.45, 7) is 3.78. The largest absolute Gasteiger partial charge is 0.481 e. The average Bonchev–Trinajstić information content (AvgIpc) is 3.33. The number of rotatable bonds is 10. The zero-order valence-electron chi connectivity index (χ0n) is 21.5. The second-order valence-corrected chi connectivity index (χ2v) is 8.73. The van der Waals surface area contributed by atoms with Gasteiger partial charge in [0.15, 0.2) is 5.65 Å². The first kappa shape index (κ1) is 28.9. The van der Waals surface area contributed by atoms with Gasteiger partial charge in [0.1, 0.15) is 6.04 Å². The van der Waals surface area contributed by atoms with Crippen LogP contribution in [-0.4, -0.2) is 69.2 Å². The lowest BCUT2D eigenvalue weighted by Gasteiger charge is -2.31. The van der Waals surface area contributed by atoms with Crippen molar-refractivity contribution in [3.8, 4) is 23.0 Å². The molecular formula is C24H29F5N6O3. The average molecular weight is 545 g/mol. The number of nitrogens with one attached hydrogen (secondary N) is 1. The Kier molecular flexibility index (Phi) is 8.62. The minimum absolute atomic E-state index is 0.0376. The highest BCUT2D eigenvalue weighted by molar-refractivity contribution is 5.75. The van der Waals surface area contributed by atoms with Gasteiger partial charge in [0.2, 0.25) is 11.8 Å². The first-order valence-corrected chi connectivity index (χ1v) is 11.7. The number of imidazole rings is 1. The van der Waals surface area contributed by atoms with Gasteiger partial charge < -0.3 is 24.1 Å². The maximum absolute atomic E-state index is 13.5. The zero-order valence-corrected chi connectivity index (χ0v) is 21.5. The van der Waals surface area contributed by atoms with Gasteiger partial charge >= 0.3 is 12.2 Å². The molecule has 0 saturated carbocycles. The molecule has 0 bridgehead atoms. The van der Waals surface area contributed by atoms with E-state index in [0.29, 0.717) is 29.4 Å². The Bertz CT molecular complexity index is 1260. The summed E-state index contributed by atoms with van der Waals surface area (Å²) in [5, 5.41) is 1.88. The molecule has 2 atom stereocenters. The number of urea groups is 1. The first-order chi connectivity index (χ1) is 17.8. The number of hydrogen-bond acceptors (Lipinski definition) is 6. The molecule has 0 aliphatic carbocycles. The van der Waals surface area contributed by atoms with Crippen LogP contribution in [0.1, 0.15) is 45.2 Å². The molecular weight excluding hydrogens is 515 g/mol. The Morgan fingerprint density at radius 1 is 1.16 bits per heavy atom. The van der Waals surface area contributed by atoms with Crippen LogP contribution in [0.25, 0.3) is 16.9 Å². The van der Waals surface area contributed by atoms with Crippen LogP contribution in [0.15, 0.2) is 30.9 Å². The van der Waals surface area contributed by atoms with E-state index in [1.165, 1.54) is 20.4 Å². The number of ether oxygens (including phenoxy) is 2. The number of carbonyl (C=O) groups is 1. The Morgan fingerprint density at radius 3 is 2.42 bits per heavy atom. The maximum atomic E-state index is 13.5. The minimum atomic E-state index is -4.89. The fourth-order valence-electron chi connectivity index (χ4n) is 3.93. The van der Waals surface area contributed by atoms with Crippen LogP contribution in [0, 0.1) is 0 Å². The molecule has 0 unspecified atom stereocenters. The number of methoxy groups -OCH3 is 2. The number of fused-ring (bicyclic) bond motifs is 1. The minimum Gasteiger partial charge on any atom is -0.481 e. The van der Waals surface area contributed by atoms with E-state index in [4.69, 9.17) is 9.47 Å². The molecule has 0 aliphatic rings. The molecule has 38 heavy (non-hydrogen) atoms. The smallest absolute Gasteiger partial charge is 0.408 e. The molecule has 0 aliphatic heterocycles. The predicted octanol–water partition coefficient (Wildman–Crippen LogP) is 5.27. The van der Waals surface area contributed by atoms with Crippen LogP contribution in [0.5, 0.6) is 11.8 Å². The SMILES string of the molecule is CCN(C(=O)N[C@@H](CCC(C)(F)F)C(F)(F)F)[C@H](C)c1cnc(OC)c(-c2cn3ccnc3c(OC)n2)c1. The molecule has 0 saturated heterocycles. The highest BCUT2D eigenvalue weighted by Crippen LogP contribution is 2.33. The summed E-state index contributed by atoms with van der Waals surface area (Å²) in [5.41, 5.74) is 1.82. The molecule has 0 radical (unpaired) electrons. The number of halogens is 5. The van der Waals surface area contributed by atoms with Crippen LogP contribution < -0.4 is 14.8 Å². The van der Waals surface area contributed by atoms with Crippen molar-refractivity contribution in [2.24, 2.45) is 0 Å². The molecule has 3 aromatic heterocycles. The topological polar surface area (TPSA) is 93.9 Å². The number of hydrogen-bond donors (Lipinski definition) is 1. The molecule has 0 spiro atoms. The second-order valence-electron chi connectivity index (χ2n) is 8.73. The van der Waals surface area contributed by atoms with Crippen molar-refractivity contribution >= 4 is 11.7 Å². The molecule has 2 amide bonds. The molecule has 0 fully saturated rings. The molecule has 3 heterocycles. The van der Waals surface area contributed by atoms with Crippen LogP contribution in [0.2, 0.25) is 0 Å². The van der Waals surface area contributed by atoms with Gasteiger partial charge in [0.25, 0.3) is 5.88 Å². The summed E-state index contributed by atoms with van der Waals surface area (Å²) in [5.74, 6) is -2.83. The van der Waals surface area contributed by atoms with Gasteiger partial charge in [-0.2, -0.15) is 13.2 Å². The predicted molar refractivity (Wildman–Crippen MR) is 128 cm³/mol. The quantitative estimate of drug-likeness (QED) is 0.350. The number of nitrogens with zero attached hydrogens (tertiary/aromatic N) is 5. The summed E-state index contributed by atoms with van der Waals surface area (Å²) in [4.78, 5) is 27.0. The number of carbonyl (C=O) groups excluding carboxylic acids is 1. The van der Waals surface area contributed by atoms with Crippen molar-refractivity contribution in [2.45, 2.75) is 57.8 Å². The van der Waals surface area contributed by atoms with Gasteiger partial charge in [0, 0.05) is 37.8 Å². The fourth-order valence-corrected chi connectivity index (χ4v) is 3.93. The summed E-state index contributed by atoms with van der Waals surface area (Å²) >= 11 is 0. The lowest BCUT2D eigenvalue weighted by Crippen LogP contribution is -2.51. The van der Waals surface area contributed by atoms with Crippen LogP contribution in [-0.2, 0) is 0 Å². The third-order valence-electron chi connectivity index (χ3n) is 5.99. The van der Waals surface area contributed by atoms with Crippen molar-refractivity contribution in [2.75, 3.05) is 20.8 Å². The molecule has 14 heteroatoms. The van der Waals surface area contributed by atoms with E-state index in [2.05, 4.69) is 15.0 Å². The van der Waals surface area contributed by atoms with Gasteiger partial charge in [-0.15, -0.1) is 0 Å². The molecule has 3 rings (SSSR count). The van der Waals surface area contributed by atoms with Gasteiger partial charge in [0.05, 0.1) is 31.5 Å². The Morgan fingerprint density at radius 2 is 1.84 bits per heavy atom. The van der Waals surface area contributed by atoms with E-state index >= 15 is 0 Å². The van der Waals surface area contributed by atoms with E-state index in [1.807, 2.05) is 5.32 Å². The van der Waals surface area contributed by atoms with E-state index in [0.717, 1.165) is 4.90 Å². The number of alkyl halides is 5. The van der Waals surface area contributed by atoms with Crippen molar-refractivity contribution in [1.29, 1.82) is 0 Å². The van der Waals surface area contributed by atoms with Gasteiger partial charge in [-0.3, -0.25) is 0 Å². The van der Waals surface area contributed by atoms with Gasteiger partial charge in [-0.25, -0.2) is 28.5 Å². The summed E-state index contributed by atoms with van der Waals surface area (Å²) in [7, 11) is 2.87. The number of amides is 2. The molecule has 0 aromatic carbocycles. The lowest BCUT2D eigenvalue weighted by atomic mass is 10.0. The Labute approximate surface area is 216 Å². The molecule has 208 valence electrons. The highest BCUT2D eigenvalue weighted by atomic mass is 19.4. The van der Waals surface area contributed by atoms with Gasteiger partial charge in [-0.1, -0.05) is 0 Å². The van der Waals surface area contributed by atoms with Crippen LogP contribution in [0.4, 0.5) is 26.7 Å². The maximum Gasteiger partial charge on any atom is 0.408 e. The standard InChI is InChI=1S/C24H29F5N6O3/c1-6-35(22(36)33-18(24(27,28)29)7-8-23(3,25)26)14(2)15-11-16(20(37-4)31-12-15)17-13-34-10-9-30-19(34)21(32-17)38-5/h9-14,18H,6-8H2,1-5H3,(H,33,36)/t14-,18+/m1/s1. The lowest BCUT2D eigenvalue weighted by molar-refractivity contribution is -0.158. The molecule has 9 nitrogen and oxygen atoms in total. The number of aromatic nitrogens is 4. The summed E-state index contributed by atoms with van der Waals surface area (Å²) < 4.78 is 79.3. The Balaban J connectivity index is 1.92. The van der Waals surface area contributed by atoms with E-state index < -0.39 is 43.1 Å².